The Morgan fingerprint density at radius 2 is 1.67 bits per heavy atom. The van der Waals surface area contributed by atoms with Gasteiger partial charge in [-0.2, -0.15) is 0 Å². The lowest BCUT2D eigenvalue weighted by atomic mass is 9.94. The topological polar surface area (TPSA) is 78.8 Å². The van der Waals surface area contributed by atoms with Crippen LogP contribution in [0.2, 0.25) is 0 Å². The summed E-state index contributed by atoms with van der Waals surface area (Å²) >= 11 is 0. The molecule has 2 saturated heterocycles. The molecule has 3 amide bonds. The number of carbonyl (C=O) groups excluding carboxylic acids is 3. The van der Waals surface area contributed by atoms with E-state index in [-0.39, 0.29) is 23.6 Å². The number of aryl methyl sites for hydroxylation is 1. The third-order valence-electron chi connectivity index (χ3n) is 6.38. The molecule has 2 aliphatic heterocycles. The maximum absolute atomic E-state index is 12.8. The maximum atomic E-state index is 12.8. The minimum atomic E-state index is -0.0163. The number of amides is 3. The largest absolute Gasteiger partial charge is 0.346 e. The van der Waals surface area contributed by atoms with E-state index < -0.39 is 0 Å². The van der Waals surface area contributed by atoms with Crippen molar-refractivity contribution in [1.29, 1.82) is 0 Å². The molecule has 30 heavy (non-hydrogen) atoms. The van der Waals surface area contributed by atoms with Crippen LogP contribution in [-0.4, -0.2) is 81.2 Å². The minimum Gasteiger partial charge on any atom is -0.346 e. The molecular weight excluding hydrogens is 382 g/mol. The average molecular weight is 412 g/mol. The van der Waals surface area contributed by atoms with E-state index >= 15 is 0 Å². The fourth-order valence-electron chi connectivity index (χ4n) is 4.47. The van der Waals surface area contributed by atoms with Gasteiger partial charge in [-0.1, -0.05) is 0 Å². The summed E-state index contributed by atoms with van der Waals surface area (Å²) in [4.78, 5) is 46.7. The minimum absolute atomic E-state index is 0.0163. The standard InChI is InChI=1S/C22H29N5O3/c1-17(28)24-12-14-27(15-13-24)22(30)19-4-9-26(10-5-19)21(29)6-11-25-8-3-18-2-7-23-16-20(18)25/h2-3,7-8,16,19H,4-6,9-15H2,1H3. The third kappa shape index (κ3) is 4.32. The zero-order valence-electron chi connectivity index (χ0n) is 17.5. The summed E-state index contributed by atoms with van der Waals surface area (Å²) in [5.41, 5.74) is 1.04. The van der Waals surface area contributed by atoms with Crippen molar-refractivity contribution in [1.82, 2.24) is 24.3 Å². The fourth-order valence-corrected chi connectivity index (χ4v) is 4.47. The van der Waals surface area contributed by atoms with Crippen LogP contribution in [0.25, 0.3) is 10.9 Å². The molecule has 4 heterocycles. The molecule has 0 atom stereocenters. The first kappa shape index (κ1) is 20.4. The Bertz CT molecular complexity index is 924. The van der Waals surface area contributed by atoms with Crippen LogP contribution in [-0.2, 0) is 20.9 Å². The highest BCUT2D eigenvalue weighted by Crippen LogP contribution is 2.22. The van der Waals surface area contributed by atoms with Crippen molar-refractivity contribution in [2.75, 3.05) is 39.3 Å². The number of piperazine rings is 1. The number of pyridine rings is 1. The van der Waals surface area contributed by atoms with Crippen LogP contribution in [0.4, 0.5) is 0 Å². The Balaban J connectivity index is 1.23. The molecule has 4 rings (SSSR count). The fraction of sp³-hybridized carbons (Fsp3) is 0.545. The highest BCUT2D eigenvalue weighted by atomic mass is 16.2. The first-order chi connectivity index (χ1) is 14.5. The highest BCUT2D eigenvalue weighted by Gasteiger charge is 2.31. The molecule has 0 saturated carbocycles. The summed E-state index contributed by atoms with van der Waals surface area (Å²) < 4.78 is 2.07. The first-order valence-corrected chi connectivity index (χ1v) is 10.7. The summed E-state index contributed by atoms with van der Waals surface area (Å²) in [7, 11) is 0. The van der Waals surface area contributed by atoms with Crippen LogP contribution >= 0.6 is 0 Å². The number of carbonyl (C=O) groups is 3. The van der Waals surface area contributed by atoms with Crippen molar-refractivity contribution in [3.05, 3.63) is 30.7 Å². The lowest BCUT2D eigenvalue weighted by Gasteiger charge is -2.38. The number of rotatable bonds is 4. The molecule has 160 valence electrons. The summed E-state index contributed by atoms with van der Waals surface area (Å²) in [5, 5.41) is 1.13. The van der Waals surface area contributed by atoms with Crippen molar-refractivity contribution in [3.63, 3.8) is 0 Å². The lowest BCUT2D eigenvalue weighted by molar-refractivity contribution is -0.144. The molecule has 0 spiro atoms. The summed E-state index contributed by atoms with van der Waals surface area (Å²) in [6, 6.07) is 4.00. The zero-order chi connectivity index (χ0) is 21.1. The Morgan fingerprint density at radius 1 is 0.967 bits per heavy atom. The van der Waals surface area contributed by atoms with Crippen LogP contribution in [0.3, 0.4) is 0 Å². The molecule has 0 radical (unpaired) electrons. The molecule has 2 aromatic heterocycles. The van der Waals surface area contributed by atoms with E-state index in [1.165, 1.54) is 0 Å². The monoisotopic (exact) mass is 411 g/mol. The van der Waals surface area contributed by atoms with Gasteiger partial charge in [-0.3, -0.25) is 19.4 Å². The van der Waals surface area contributed by atoms with Gasteiger partial charge in [0.1, 0.15) is 0 Å². The van der Waals surface area contributed by atoms with E-state index in [0.717, 1.165) is 10.9 Å². The van der Waals surface area contributed by atoms with E-state index in [1.807, 2.05) is 34.3 Å². The number of hydrogen-bond donors (Lipinski definition) is 0. The van der Waals surface area contributed by atoms with Gasteiger partial charge in [-0.15, -0.1) is 0 Å². The van der Waals surface area contributed by atoms with E-state index in [9.17, 15) is 14.4 Å². The Hall–Kier alpha value is -2.90. The van der Waals surface area contributed by atoms with Gasteiger partial charge in [0.2, 0.25) is 17.7 Å². The number of nitrogens with zero attached hydrogens (tertiary/aromatic N) is 5. The second-order valence-electron chi connectivity index (χ2n) is 8.18. The normalized spacial score (nSPS) is 18.1. The van der Waals surface area contributed by atoms with E-state index in [0.29, 0.717) is 65.1 Å². The Morgan fingerprint density at radius 3 is 2.37 bits per heavy atom. The molecule has 2 fully saturated rings. The van der Waals surface area contributed by atoms with Gasteiger partial charge in [0.25, 0.3) is 0 Å². The average Bonchev–Trinajstić information content (AvgIpc) is 3.20. The van der Waals surface area contributed by atoms with Crippen LogP contribution in [0, 0.1) is 5.92 Å². The van der Waals surface area contributed by atoms with Crippen molar-refractivity contribution < 1.29 is 14.4 Å². The van der Waals surface area contributed by atoms with Crippen LogP contribution in [0.15, 0.2) is 30.7 Å². The number of aromatic nitrogens is 2. The zero-order valence-corrected chi connectivity index (χ0v) is 17.5. The SMILES string of the molecule is CC(=O)N1CCN(C(=O)C2CCN(C(=O)CCn3ccc4ccncc43)CC2)CC1. The highest BCUT2D eigenvalue weighted by molar-refractivity contribution is 5.81. The van der Waals surface area contributed by atoms with Crippen molar-refractivity contribution in [2.45, 2.75) is 32.7 Å². The van der Waals surface area contributed by atoms with Gasteiger partial charge in [0.15, 0.2) is 0 Å². The third-order valence-corrected chi connectivity index (χ3v) is 6.38. The van der Waals surface area contributed by atoms with Crippen LogP contribution < -0.4 is 0 Å². The van der Waals surface area contributed by atoms with Crippen molar-refractivity contribution in [3.8, 4) is 0 Å². The second kappa shape index (κ2) is 8.85. The van der Waals surface area contributed by atoms with Gasteiger partial charge in [-0.25, -0.2) is 0 Å². The molecule has 8 heteroatoms. The summed E-state index contributed by atoms with van der Waals surface area (Å²) in [5.74, 6) is 0.369. The van der Waals surface area contributed by atoms with Crippen molar-refractivity contribution in [2.24, 2.45) is 5.92 Å². The predicted molar refractivity (Wildman–Crippen MR) is 112 cm³/mol. The molecule has 2 aromatic rings. The van der Waals surface area contributed by atoms with Crippen LogP contribution in [0.1, 0.15) is 26.2 Å². The smallest absolute Gasteiger partial charge is 0.225 e. The second-order valence-corrected chi connectivity index (χ2v) is 8.18. The molecule has 0 aromatic carbocycles. The lowest BCUT2D eigenvalue weighted by Crippen LogP contribution is -2.52. The van der Waals surface area contributed by atoms with Crippen molar-refractivity contribution >= 4 is 28.6 Å². The molecule has 0 aliphatic carbocycles. The summed E-state index contributed by atoms with van der Waals surface area (Å²) in [6.45, 7) is 5.92. The first-order valence-electron chi connectivity index (χ1n) is 10.7. The molecule has 0 bridgehead atoms. The molecule has 0 N–H and O–H groups in total. The van der Waals surface area contributed by atoms with E-state index in [2.05, 4.69) is 9.55 Å². The molecule has 2 aliphatic rings. The van der Waals surface area contributed by atoms with E-state index in [1.54, 1.807) is 18.0 Å². The maximum Gasteiger partial charge on any atom is 0.225 e. The van der Waals surface area contributed by atoms with Gasteiger partial charge in [0, 0.05) is 82.9 Å². The quantitative estimate of drug-likeness (QED) is 0.761. The Kier molecular flexibility index (Phi) is 6.01. The predicted octanol–water partition coefficient (Wildman–Crippen LogP) is 1.36. The summed E-state index contributed by atoms with van der Waals surface area (Å²) in [6.07, 6.45) is 7.47. The molecular formula is C22H29N5O3. The van der Waals surface area contributed by atoms with E-state index in [4.69, 9.17) is 0 Å². The number of piperidine rings is 1. The van der Waals surface area contributed by atoms with Gasteiger partial charge >= 0.3 is 0 Å². The molecule has 0 unspecified atom stereocenters. The number of likely N-dealkylation sites (tertiary alicyclic amines) is 1. The Labute approximate surface area is 176 Å². The van der Waals surface area contributed by atoms with Crippen LogP contribution in [0.5, 0.6) is 0 Å². The number of fused-ring (bicyclic) bond motifs is 1. The molecule has 8 nitrogen and oxygen atoms in total. The van der Waals surface area contributed by atoms with Gasteiger partial charge in [0.05, 0.1) is 11.7 Å². The van der Waals surface area contributed by atoms with Gasteiger partial charge < -0.3 is 19.3 Å². The number of hydrogen-bond acceptors (Lipinski definition) is 4. The van der Waals surface area contributed by atoms with Gasteiger partial charge in [-0.05, 0) is 25.0 Å².